The molecule has 2 heterocycles. The molecule has 2 aromatic rings. The number of aromatic nitrogens is 2. The maximum absolute atomic E-state index is 10.8. The summed E-state index contributed by atoms with van der Waals surface area (Å²) >= 11 is 3.27. The molecule has 1 aliphatic rings. The number of imidazole rings is 1. The smallest absolute Gasteiger partial charge is 0.313 e. The number of thioether (sulfide) groups is 2. The summed E-state index contributed by atoms with van der Waals surface area (Å²) in [6.07, 6.45) is 1.13. The Morgan fingerprint density at radius 1 is 1.60 bits per heavy atom. The van der Waals surface area contributed by atoms with Crippen LogP contribution in [0.1, 0.15) is 18.0 Å². The summed E-state index contributed by atoms with van der Waals surface area (Å²) in [6.45, 7) is 2.09. The lowest BCUT2D eigenvalue weighted by Crippen LogP contribution is -2.10. The molecular formula is C14H16N2O2S2. The van der Waals surface area contributed by atoms with E-state index in [-0.39, 0.29) is 5.75 Å². The largest absolute Gasteiger partial charge is 0.481 e. The zero-order valence-electron chi connectivity index (χ0n) is 11.2. The molecule has 1 aromatic carbocycles. The molecule has 0 radical (unpaired) electrons. The van der Waals surface area contributed by atoms with Crippen LogP contribution in [0.15, 0.2) is 23.4 Å². The highest BCUT2D eigenvalue weighted by molar-refractivity contribution is 8.00. The van der Waals surface area contributed by atoms with E-state index in [4.69, 9.17) is 5.11 Å². The summed E-state index contributed by atoms with van der Waals surface area (Å²) in [5.41, 5.74) is 3.33. The van der Waals surface area contributed by atoms with E-state index in [1.54, 1.807) is 0 Å². The van der Waals surface area contributed by atoms with Gasteiger partial charge < -0.3 is 9.67 Å². The minimum absolute atomic E-state index is 0.0578. The first kappa shape index (κ1) is 13.8. The van der Waals surface area contributed by atoms with Gasteiger partial charge in [-0.25, -0.2) is 4.98 Å². The summed E-state index contributed by atoms with van der Waals surface area (Å²) in [5.74, 6) is 1.51. The fraction of sp³-hybridized carbons (Fsp3) is 0.429. The van der Waals surface area contributed by atoms with E-state index in [2.05, 4.69) is 22.5 Å². The first-order chi connectivity index (χ1) is 9.66. The molecule has 20 heavy (non-hydrogen) atoms. The van der Waals surface area contributed by atoms with Crippen LogP contribution in [-0.2, 0) is 4.79 Å². The zero-order chi connectivity index (χ0) is 14.1. The lowest BCUT2D eigenvalue weighted by molar-refractivity contribution is -0.133. The van der Waals surface area contributed by atoms with E-state index in [1.165, 1.54) is 23.1 Å². The SMILES string of the molecule is Cc1cccc2nc(SCC(=O)O)n(C3CCSC3)c12. The van der Waals surface area contributed by atoms with Gasteiger partial charge in [-0.15, -0.1) is 0 Å². The number of aliphatic carboxylic acids is 1. The number of para-hydroxylation sites is 1. The number of hydrogen-bond donors (Lipinski definition) is 1. The van der Waals surface area contributed by atoms with Crippen LogP contribution in [0.4, 0.5) is 0 Å². The molecule has 3 rings (SSSR count). The summed E-state index contributed by atoms with van der Waals surface area (Å²) in [6, 6.07) is 6.53. The van der Waals surface area contributed by atoms with E-state index >= 15 is 0 Å². The highest BCUT2D eigenvalue weighted by atomic mass is 32.2. The van der Waals surface area contributed by atoms with Crippen molar-refractivity contribution < 1.29 is 9.90 Å². The van der Waals surface area contributed by atoms with Crippen molar-refractivity contribution in [1.29, 1.82) is 0 Å². The number of aryl methyl sites for hydroxylation is 1. The highest BCUT2D eigenvalue weighted by Gasteiger charge is 2.24. The molecule has 6 heteroatoms. The van der Waals surface area contributed by atoms with E-state index in [0.717, 1.165) is 28.4 Å². The summed E-state index contributed by atoms with van der Waals surface area (Å²) < 4.78 is 2.26. The molecular weight excluding hydrogens is 292 g/mol. The van der Waals surface area contributed by atoms with Crippen molar-refractivity contribution in [1.82, 2.24) is 9.55 Å². The van der Waals surface area contributed by atoms with Crippen LogP contribution >= 0.6 is 23.5 Å². The molecule has 0 bridgehead atoms. The molecule has 0 amide bonds. The van der Waals surface area contributed by atoms with Crippen molar-refractivity contribution in [3.8, 4) is 0 Å². The number of carboxylic acid groups (broad SMARTS) is 1. The number of hydrogen-bond acceptors (Lipinski definition) is 4. The number of carbonyl (C=O) groups is 1. The molecule has 0 aliphatic carbocycles. The van der Waals surface area contributed by atoms with Gasteiger partial charge in [0.1, 0.15) is 0 Å². The third kappa shape index (κ3) is 2.54. The van der Waals surface area contributed by atoms with Gasteiger partial charge in [0.25, 0.3) is 0 Å². The molecule has 0 spiro atoms. The molecule has 1 unspecified atom stereocenters. The molecule has 1 fully saturated rings. The second kappa shape index (κ2) is 5.69. The van der Waals surface area contributed by atoms with Crippen molar-refractivity contribution in [2.45, 2.75) is 24.5 Å². The van der Waals surface area contributed by atoms with Crippen LogP contribution in [0.5, 0.6) is 0 Å². The summed E-state index contributed by atoms with van der Waals surface area (Å²) in [5, 5.41) is 9.74. The van der Waals surface area contributed by atoms with Crippen molar-refractivity contribution in [3.63, 3.8) is 0 Å². The summed E-state index contributed by atoms with van der Waals surface area (Å²) in [7, 11) is 0. The second-order valence-corrected chi connectivity index (χ2v) is 7.00. The fourth-order valence-electron chi connectivity index (χ4n) is 2.59. The molecule has 1 aromatic heterocycles. The van der Waals surface area contributed by atoms with Gasteiger partial charge in [0.05, 0.1) is 16.8 Å². The van der Waals surface area contributed by atoms with E-state index in [9.17, 15) is 4.79 Å². The Kier molecular flexibility index (Phi) is 3.94. The van der Waals surface area contributed by atoms with Crippen LogP contribution in [0.25, 0.3) is 11.0 Å². The third-order valence-corrected chi connectivity index (χ3v) is 5.56. The average Bonchev–Trinajstić information content (AvgIpc) is 3.03. The Morgan fingerprint density at radius 2 is 2.45 bits per heavy atom. The van der Waals surface area contributed by atoms with E-state index < -0.39 is 5.97 Å². The van der Waals surface area contributed by atoms with Crippen LogP contribution in [0, 0.1) is 6.92 Å². The standard InChI is InChI=1S/C14H16N2O2S2/c1-9-3-2-4-11-13(9)16(10-5-6-19-7-10)14(15-11)20-8-12(17)18/h2-4,10H,5-8H2,1H3,(H,17,18). The van der Waals surface area contributed by atoms with Gasteiger partial charge in [0.2, 0.25) is 0 Å². The Bertz CT molecular complexity index is 648. The Balaban J connectivity index is 2.09. The quantitative estimate of drug-likeness (QED) is 0.879. The number of rotatable bonds is 4. The summed E-state index contributed by atoms with van der Waals surface area (Å²) in [4.78, 5) is 15.5. The highest BCUT2D eigenvalue weighted by Crippen LogP contribution is 2.36. The third-order valence-electron chi connectivity index (χ3n) is 3.48. The van der Waals surface area contributed by atoms with Crippen LogP contribution in [0.3, 0.4) is 0 Å². The van der Waals surface area contributed by atoms with E-state index in [1.807, 2.05) is 23.9 Å². The van der Waals surface area contributed by atoms with Crippen LogP contribution in [-0.4, -0.2) is 37.9 Å². The van der Waals surface area contributed by atoms with Crippen molar-refractivity contribution in [2.75, 3.05) is 17.3 Å². The molecule has 4 nitrogen and oxygen atoms in total. The maximum Gasteiger partial charge on any atom is 0.313 e. The normalized spacial score (nSPS) is 18.8. The average molecular weight is 308 g/mol. The van der Waals surface area contributed by atoms with Crippen LogP contribution < -0.4 is 0 Å². The minimum atomic E-state index is -0.800. The molecule has 1 aliphatic heterocycles. The number of nitrogens with zero attached hydrogens (tertiary/aromatic N) is 2. The van der Waals surface area contributed by atoms with Crippen LogP contribution in [0.2, 0.25) is 0 Å². The number of carboxylic acids is 1. The Hall–Kier alpha value is -1.14. The van der Waals surface area contributed by atoms with Gasteiger partial charge >= 0.3 is 5.97 Å². The van der Waals surface area contributed by atoms with Crippen molar-refractivity contribution >= 4 is 40.5 Å². The fourth-order valence-corrected chi connectivity index (χ4v) is 4.58. The zero-order valence-corrected chi connectivity index (χ0v) is 12.8. The van der Waals surface area contributed by atoms with Gasteiger partial charge in [-0.05, 0) is 30.7 Å². The van der Waals surface area contributed by atoms with Gasteiger partial charge in [-0.3, -0.25) is 4.79 Å². The Labute approximate surface area is 126 Å². The molecule has 1 atom stereocenters. The van der Waals surface area contributed by atoms with Gasteiger partial charge in [-0.1, -0.05) is 23.9 Å². The van der Waals surface area contributed by atoms with E-state index in [0.29, 0.717) is 6.04 Å². The molecule has 1 N–H and O–H groups in total. The number of fused-ring (bicyclic) bond motifs is 1. The van der Waals surface area contributed by atoms with Gasteiger partial charge in [-0.2, -0.15) is 11.8 Å². The van der Waals surface area contributed by atoms with Crippen molar-refractivity contribution in [3.05, 3.63) is 23.8 Å². The van der Waals surface area contributed by atoms with Gasteiger partial charge in [0.15, 0.2) is 5.16 Å². The Morgan fingerprint density at radius 3 is 3.15 bits per heavy atom. The second-order valence-electron chi connectivity index (χ2n) is 4.91. The monoisotopic (exact) mass is 308 g/mol. The molecule has 106 valence electrons. The predicted octanol–water partition coefficient (Wildman–Crippen LogP) is 3.20. The number of benzene rings is 1. The first-order valence-corrected chi connectivity index (χ1v) is 8.70. The maximum atomic E-state index is 10.8. The van der Waals surface area contributed by atoms with Crippen molar-refractivity contribution in [2.24, 2.45) is 0 Å². The minimum Gasteiger partial charge on any atom is -0.481 e. The lowest BCUT2D eigenvalue weighted by Gasteiger charge is -2.16. The lowest BCUT2D eigenvalue weighted by atomic mass is 10.2. The topological polar surface area (TPSA) is 55.1 Å². The molecule has 0 saturated carbocycles. The van der Waals surface area contributed by atoms with Gasteiger partial charge in [0, 0.05) is 11.8 Å². The molecule has 1 saturated heterocycles. The first-order valence-electron chi connectivity index (χ1n) is 6.56. The predicted molar refractivity (Wildman–Crippen MR) is 83.8 cm³/mol.